The average molecular weight is 511 g/mol. The standard InChI is InChI=1S/C23H20F3NO7S/c1-22(21(30)33-13-23(24,25)26)19(27-16(28)12-17(27)35(22,31)32)20(29)34-18(14-8-4-2-5-9-14)15-10-6-3-7-11-15/h2-11,17-19H,12-13H2,1H3/t17?,19-,22+/m0/s1. The van der Waals surface area contributed by atoms with Crippen LogP contribution in [0.4, 0.5) is 13.2 Å². The average Bonchev–Trinajstić information content (AvgIpc) is 2.96. The van der Waals surface area contributed by atoms with Gasteiger partial charge in [0.15, 0.2) is 33.3 Å². The first-order valence-corrected chi connectivity index (χ1v) is 12.0. The maximum atomic E-state index is 13.4. The van der Waals surface area contributed by atoms with Crippen molar-refractivity contribution in [2.75, 3.05) is 6.61 Å². The van der Waals surface area contributed by atoms with E-state index in [2.05, 4.69) is 4.74 Å². The molecule has 2 aliphatic rings. The molecule has 0 saturated carbocycles. The second-order valence-corrected chi connectivity index (χ2v) is 10.8. The van der Waals surface area contributed by atoms with Crippen molar-refractivity contribution >= 4 is 27.7 Å². The number of carbonyl (C=O) groups is 3. The third-order valence-corrected chi connectivity index (χ3v) is 8.81. The van der Waals surface area contributed by atoms with E-state index in [1.54, 1.807) is 60.7 Å². The lowest BCUT2D eigenvalue weighted by Gasteiger charge is -2.36. The van der Waals surface area contributed by atoms with Gasteiger partial charge in [0, 0.05) is 0 Å². The molecular weight excluding hydrogens is 491 g/mol. The normalized spacial score (nSPS) is 25.1. The fraction of sp³-hybridized carbons (Fsp3) is 0.348. The molecular formula is C23H20F3NO7S. The molecule has 4 rings (SSSR count). The summed E-state index contributed by atoms with van der Waals surface area (Å²) in [6.45, 7) is -1.26. The molecule has 35 heavy (non-hydrogen) atoms. The highest BCUT2D eigenvalue weighted by Crippen LogP contribution is 2.47. The Hall–Kier alpha value is -3.41. The van der Waals surface area contributed by atoms with E-state index < -0.39 is 69.2 Å². The van der Waals surface area contributed by atoms with E-state index in [1.807, 2.05) is 0 Å². The van der Waals surface area contributed by atoms with Crippen molar-refractivity contribution in [1.82, 2.24) is 4.90 Å². The highest BCUT2D eigenvalue weighted by molar-refractivity contribution is 7.94. The molecule has 0 N–H and O–H groups in total. The van der Waals surface area contributed by atoms with Gasteiger partial charge < -0.3 is 14.4 Å². The molecule has 12 heteroatoms. The van der Waals surface area contributed by atoms with Crippen LogP contribution in [0.1, 0.15) is 30.6 Å². The molecule has 2 aromatic carbocycles. The van der Waals surface area contributed by atoms with Crippen molar-refractivity contribution in [3.8, 4) is 0 Å². The van der Waals surface area contributed by atoms with Gasteiger partial charge in [-0.2, -0.15) is 13.2 Å². The Balaban J connectivity index is 1.73. The molecule has 0 radical (unpaired) electrons. The Bertz CT molecular complexity index is 1210. The number of alkyl halides is 3. The van der Waals surface area contributed by atoms with Crippen molar-refractivity contribution in [2.24, 2.45) is 0 Å². The number of benzene rings is 2. The van der Waals surface area contributed by atoms with Gasteiger partial charge in [0.05, 0.1) is 6.42 Å². The van der Waals surface area contributed by atoms with Crippen molar-refractivity contribution < 1.29 is 45.4 Å². The highest BCUT2D eigenvalue weighted by atomic mass is 32.2. The van der Waals surface area contributed by atoms with Gasteiger partial charge in [0.2, 0.25) is 5.91 Å². The fourth-order valence-electron chi connectivity index (χ4n) is 4.30. The van der Waals surface area contributed by atoms with Crippen LogP contribution in [0.2, 0.25) is 0 Å². The first-order valence-electron chi connectivity index (χ1n) is 10.5. The smallest absolute Gasteiger partial charge is 0.422 e. The molecule has 2 heterocycles. The van der Waals surface area contributed by atoms with E-state index >= 15 is 0 Å². The van der Waals surface area contributed by atoms with Gasteiger partial charge in [0.1, 0.15) is 5.37 Å². The summed E-state index contributed by atoms with van der Waals surface area (Å²) >= 11 is 0. The van der Waals surface area contributed by atoms with Crippen LogP contribution >= 0.6 is 0 Å². The molecule has 2 aliphatic heterocycles. The van der Waals surface area contributed by atoms with Crippen molar-refractivity contribution in [2.45, 2.75) is 41.8 Å². The van der Waals surface area contributed by atoms with E-state index in [1.165, 1.54) is 0 Å². The number of hydrogen-bond donors (Lipinski definition) is 0. The monoisotopic (exact) mass is 511 g/mol. The lowest BCUT2D eigenvalue weighted by molar-refractivity contribution is -0.190. The van der Waals surface area contributed by atoms with Crippen LogP contribution in [0, 0.1) is 0 Å². The predicted octanol–water partition coefficient (Wildman–Crippen LogP) is 2.54. The van der Waals surface area contributed by atoms with Crippen LogP contribution in [-0.4, -0.2) is 60.1 Å². The topological polar surface area (TPSA) is 107 Å². The van der Waals surface area contributed by atoms with E-state index in [4.69, 9.17) is 4.74 Å². The van der Waals surface area contributed by atoms with Gasteiger partial charge in [0.25, 0.3) is 0 Å². The van der Waals surface area contributed by atoms with E-state index in [0.717, 1.165) is 6.92 Å². The molecule has 0 aromatic heterocycles. The summed E-state index contributed by atoms with van der Waals surface area (Å²) in [5, 5.41) is -1.54. The second kappa shape index (κ2) is 8.67. The maximum Gasteiger partial charge on any atom is 0.422 e. The number of rotatable bonds is 6. The number of amides is 1. The summed E-state index contributed by atoms with van der Waals surface area (Å²) in [5.74, 6) is -3.79. The van der Waals surface area contributed by atoms with Crippen LogP contribution in [0.25, 0.3) is 0 Å². The summed E-state index contributed by atoms with van der Waals surface area (Å²) in [6.07, 6.45) is -6.47. The Labute approximate surface area is 198 Å². The van der Waals surface area contributed by atoms with Gasteiger partial charge >= 0.3 is 18.1 Å². The number of hydrogen-bond acceptors (Lipinski definition) is 7. The Kier molecular flexibility index (Phi) is 6.12. The number of sulfone groups is 1. The summed E-state index contributed by atoms with van der Waals surface area (Å²) in [4.78, 5) is 39.2. The zero-order valence-electron chi connectivity index (χ0n) is 18.3. The van der Waals surface area contributed by atoms with Crippen LogP contribution in [0.15, 0.2) is 60.7 Å². The molecule has 1 unspecified atom stereocenters. The van der Waals surface area contributed by atoms with Gasteiger partial charge in [-0.25, -0.2) is 13.2 Å². The molecule has 2 fully saturated rings. The largest absolute Gasteiger partial charge is 0.455 e. The minimum absolute atomic E-state index is 0.505. The van der Waals surface area contributed by atoms with Gasteiger partial charge in [-0.15, -0.1) is 0 Å². The summed E-state index contributed by atoms with van der Waals surface area (Å²) in [7, 11) is -4.62. The minimum Gasteiger partial charge on any atom is -0.455 e. The predicted molar refractivity (Wildman–Crippen MR) is 114 cm³/mol. The lowest BCUT2D eigenvalue weighted by Crippen LogP contribution is -2.59. The Morgan fingerprint density at radius 3 is 2.03 bits per heavy atom. The van der Waals surface area contributed by atoms with E-state index in [0.29, 0.717) is 16.0 Å². The SMILES string of the molecule is C[C@]1(C(=O)OCC(F)(F)F)[C@H](C(=O)OC(c2ccccc2)c2ccccc2)N2C(=O)CC2S1(=O)=O. The first-order chi connectivity index (χ1) is 16.4. The first kappa shape index (κ1) is 24.7. The zero-order chi connectivity index (χ0) is 25.6. The zero-order valence-corrected chi connectivity index (χ0v) is 19.1. The highest BCUT2D eigenvalue weighted by Gasteiger charge is 2.74. The third kappa shape index (κ3) is 4.15. The quantitative estimate of drug-likeness (QED) is 0.433. The van der Waals surface area contributed by atoms with Gasteiger partial charge in [-0.05, 0) is 18.1 Å². The molecule has 3 atom stereocenters. The molecule has 2 saturated heterocycles. The van der Waals surface area contributed by atoms with Crippen LogP contribution < -0.4 is 0 Å². The number of fused-ring (bicyclic) bond motifs is 1. The van der Waals surface area contributed by atoms with Crippen LogP contribution in [-0.2, 0) is 33.7 Å². The number of nitrogens with zero attached hydrogens (tertiary/aromatic N) is 1. The molecule has 0 spiro atoms. The van der Waals surface area contributed by atoms with Crippen molar-refractivity contribution in [3.05, 3.63) is 71.8 Å². The van der Waals surface area contributed by atoms with Crippen LogP contribution in [0.5, 0.6) is 0 Å². The lowest BCUT2D eigenvalue weighted by atomic mass is 9.95. The van der Waals surface area contributed by atoms with E-state index in [-0.39, 0.29) is 0 Å². The Morgan fingerprint density at radius 2 is 1.57 bits per heavy atom. The van der Waals surface area contributed by atoms with Gasteiger partial charge in [-0.1, -0.05) is 60.7 Å². The second-order valence-electron chi connectivity index (χ2n) is 8.34. The molecule has 0 bridgehead atoms. The van der Waals surface area contributed by atoms with Crippen molar-refractivity contribution in [1.29, 1.82) is 0 Å². The maximum absolute atomic E-state index is 13.4. The number of carbonyl (C=O) groups excluding carboxylic acids is 3. The number of β-lactam (4-membered cyclic amide) rings is 1. The molecule has 8 nitrogen and oxygen atoms in total. The van der Waals surface area contributed by atoms with Gasteiger partial charge in [-0.3, -0.25) is 9.59 Å². The van der Waals surface area contributed by atoms with Crippen LogP contribution in [0.3, 0.4) is 0 Å². The number of halogens is 3. The summed E-state index contributed by atoms with van der Waals surface area (Å²) in [6, 6.07) is 14.8. The molecule has 186 valence electrons. The summed E-state index contributed by atoms with van der Waals surface area (Å²) in [5.41, 5.74) is 1.03. The molecule has 1 amide bonds. The number of ether oxygens (including phenoxy) is 2. The number of esters is 2. The fourth-order valence-corrected chi connectivity index (χ4v) is 6.57. The van der Waals surface area contributed by atoms with Crippen molar-refractivity contribution in [3.63, 3.8) is 0 Å². The minimum atomic E-state index is -4.93. The Morgan fingerprint density at radius 1 is 1.06 bits per heavy atom. The summed E-state index contributed by atoms with van der Waals surface area (Å²) < 4.78 is 71.4. The van der Waals surface area contributed by atoms with E-state index in [9.17, 15) is 36.0 Å². The third-order valence-electron chi connectivity index (χ3n) is 6.13. The molecule has 2 aromatic rings. The molecule has 0 aliphatic carbocycles.